The lowest BCUT2D eigenvalue weighted by Crippen LogP contribution is -2.10. The van der Waals surface area contributed by atoms with Crippen LogP contribution in [-0.2, 0) is 0 Å². The molecule has 0 amide bonds. The molecule has 0 aliphatic rings. The molecule has 0 heterocycles. The summed E-state index contributed by atoms with van der Waals surface area (Å²) in [7, 11) is 3.30. The zero-order valence-electron chi connectivity index (χ0n) is 10.3. The van der Waals surface area contributed by atoms with Gasteiger partial charge in [0.1, 0.15) is 11.5 Å². The first-order valence-electron chi connectivity index (χ1n) is 5.69. The van der Waals surface area contributed by atoms with Crippen LogP contribution in [0.25, 0.3) is 0 Å². The Hall–Kier alpha value is -1.22. The Kier molecular flexibility index (Phi) is 5.12. The summed E-state index contributed by atoms with van der Waals surface area (Å²) in [6.45, 7) is 2.17. The quantitative estimate of drug-likeness (QED) is 0.806. The Morgan fingerprint density at radius 1 is 1.12 bits per heavy atom. The maximum Gasteiger partial charge on any atom is 0.122 e. The number of rotatable bonds is 6. The Balaban J connectivity index is 2.85. The van der Waals surface area contributed by atoms with Gasteiger partial charge in [0.05, 0.1) is 14.2 Å². The largest absolute Gasteiger partial charge is 0.497 e. The standard InChI is InChI=1S/C13H21NO2/c1-4-5-6-13(14)10-7-11(15-2)9-12(8-10)16-3/h7-9,13H,4-6,14H2,1-3H3. The fourth-order valence-electron chi connectivity index (χ4n) is 1.63. The molecular weight excluding hydrogens is 202 g/mol. The van der Waals surface area contributed by atoms with Crippen molar-refractivity contribution in [3.63, 3.8) is 0 Å². The number of benzene rings is 1. The molecule has 1 rings (SSSR count). The average Bonchev–Trinajstić information content (AvgIpc) is 2.35. The SMILES string of the molecule is CCCCC(N)c1cc(OC)cc(OC)c1. The summed E-state index contributed by atoms with van der Waals surface area (Å²) in [5, 5.41) is 0. The number of hydrogen-bond donors (Lipinski definition) is 1. The minimum absolute atomic E-state index is 0.0592. The maximum absolute atomic E-state index is 6.12. The third-order valence-corrected chi connectivity index (χ3v) is 2.67. The minimum atomic E-state index is 0.0592. The third kappa shape index (κ3) is 3.42. The van der Waals surface area contributed by atoms with Crippen LogP contribution in [0.2, 0.25) is 0 Å². The first-order chi connectivity index (χ1) is 7.71. The molecule has 0 aliphatic carbocycles. The summed E-state index contributed by atoms with van der Waals surface area (Å²) in [4.78, 5) is 0. The van der Waals surface area contributed by atoms with Gasteiger partial charge >= 0.3 is 0 Å². The van der Waals surface area contributed by atoms with E-state index in [1.165, 1.54) is 0 Å². The van der Waals surface area contributed by atoms with Gasteiger partial charge in [0.15, 0.2) is 0 Å². The molecule has 0 saturated heterocycles. The second kappa shape index (κ2) is 6.38. The van der Waals surface area contributed by atoms with Crippen LogP contribution < -0.4 is 15.2 Å². The fraction of sp³-hybridized carbons (Fsp3) is 0.538. The Labute approximate surface area is 97.6 Å². The Morgan fingerprint density at radius 3 is 2.12 bits per heavy atom. The number of ether oxygens (including phenoxy) is 2. The topological polar surface area (TPSA) is 44.5 Å². The molecule has 1 aromatic rings. The summed E-state index contributed by atoms with van der Waals surface area (Å²) >= 11 is 0. The molecular formula is C13H21NO2. The van der Waals surface area contributed by atoms with Crippen LogP contribution >= 0.6 is 0 Å². The van der Waals surface area contributed by atoms with E-state index < -0.39 is 0 Å². The Bertz CT molecular complexity index is 303. The van der Waals surface area contributed by atoms with E-state index in [1.54, 1.807) is 14.2 Å². The first kappa shape index (κ1) is 12.8. The van der Waals surface area contributed by atoms with Crippen molar-refractivity contribution in [3.05, 3.63) is 23.8 Å². The van der Waals surface area contributed by atoms with Gasteiger partial charge in [-0.25, -0.2) is 0 Å². The van der Waals surface area contributed by atoms with Crippen molar-refractivity contribution in [1.29, 1.82) is 0 Å². The van der Waals surface area contributed by atoms with E-state index in [1.807, 2.05) is 18.2 Å². The van der Waals surface area contributed by atoms with E-state index in [4.69, 9.17) is 15.2 Å². The molecule has 1 unspecified atom stereocenters. The molecule has 2 N–H and O–H groups in total. The van der Waals surface area contributed by atoms with Crippen molar-refractivity contribution in [1.82, 2.24) is 0 Å². The highest BCUT2D eigenvalue weighted by Crippen LogP contribution is 2.27. The molecule has 0 saturated carbocycles. The molecule has 1 atom stereocenters. The molecule has 0 fully saturated rings. The zero-order valence-corrected chi connectivity index (χ0v) is 10.3. The highest BCUT2D eigenvalue weighted by molar-refractivity contribution is 5.39. The lowest BCUT2D eigenvalue weighted by molar-refractivity contribution is 0.392. The van der Waals surface area contributed by atoms with Crippen LogP contribution in [0.5, 0.6) is 11.5 Å². The van der Waals surface area contributed by atoms with E-state index in [0.717, 1.165) is 36.3 Å². The normalized spacial score (nSPS) is 12.2. The predicted molar refractivity (Wildman–Crippen MR) is 66.0 cm³/mol. The van der Waals surface area contributed by atoms with E-state index >= 15 is 0 Å². The van der Waals surface area contributed by atoms with Crippen LogP contribution in [0, 0.1) is 0 Å². The third-order valence-electron chi connectivity index (χ3n) is 2.67. The van der Waals surface area contributed by atoms with E-state index in [9.17, 15) is 0 Å². The molecule has 0 radical (unpaired) electrons. The van der Waals surface area contributed by atoms with E-state index in [0.29, 0.717) is 0 Å². The van der Waals surface area contributed by atoms with Crippen molar-refractivity contribution in [2.45, 2.75) is 32.2 Å². The molecule has 0 aromatic heterocycles. The molecule has 3 heteroatoms. The molecule has 0 bridgehead atoms. The second-order valence-electron chi connectivity index (χ2n) is 3.89. The van der Waals surface area contributed by atoms with Crippen molar-refractivity contribution in [2.24, 2.45) is 5.73 Å². The van der Waals surface area contributed by atoms with Gasteiger partial charge in [-0.1, -0.05) is 19.8 Å². The molecule has 3 nitrogen and oxygen atoms in total. The smallest absolute Gasteiger partial charge is 0.122 e. The van der Waals surface area contributed by atoms with E-state index in [-0.39, 0.29) is 6.04 Å². The van der Waals surface area contributed by atoms with E-state index in [2.05, 4.69) is 6.92 Å². The number of nitrogens with two attached hydrogens (primary N) is 1. The summed E-state index contributed by atoms with van der Waals surface area (Å²) in [5.74, 6) is 1.59. The number of methoxy groups -OCH3 is 2. The van der Waals surface area contributed by atoms with Crippen molar-refractivity contribution < 1.29 is 9.47 Å². The van der Waals surface area contributed by atoms with Gasteiger partial charge in [-0.2, -0.15) is 0 Å². The summed E-state index contributed by atoms with van der Waals surface area (Å²) in [6.07, 6.45) is 3.29. The monoisotopic (exact) mass is 223 g/mol. The molecule has 0 aliphatic heterocycles. The van der Waals surface area contributed by atoms with Crippen LogP contribution in [0.3, 0.4) is 0 Å². The van der Waals surface area contributed by atoms with Crippen molar-refractivity contribution in [3.8, 4) is 11.5 Å². The van der Waals surface area contributed by atoms with Gasteiger partial charge in [0, 0.05) is 12.1 Å². The van der Waals surface area contributed by atoms with Crippen molar-refractivity contribution in [2.75, 3.05) is 14.2 Å². The molecule has 16 heavy (non-hydrogen) atoms. The van der Waals surface area contributed by atoms with Crippen LogP contribution in [-0.4, -0.2) is 14.2 Å². The van der Waals surface area contributed by atoms with Gasteiger partial charge in [-0.15, -0.1) is 0 Å². The summed E-state index contributed by atoms with van der Waals surface area (Å²) in [5.41, 5.74) is 7.19. The molecule has 1 aromatic carbocycles. The zero-order chi connectivity index (χ0) is 12.0. The summed E-state index contributed by atoms with van der Waals surface area (Å²) < 4.78 is 10.4. The Morgan fingerprint density at radius 2 is 1.69 bits per heavy atom. The highest BCUT2D eigenvalue weighted by atomic mass is 16.5. The van der Waals surface area contributed by atoms with Gasteiger partial charge in [0.2, 0.25) is 0 Å². The van der Waals surface area contributed by atoms with Gasteiger partial charge in [-0.05, 0) is 24.1 Å². The molecule has 0 spiro atoms. The summed E-state index contributed by atoms with van der Waals surface area (Å²) in [6, 6.07) is 5.87. The molecule has 90 valence electrons. The maximum atomic E-state index is 6.12. The lowest BCUT2D eigenvalue weighted by Gasteiger charge is -2.14. The van der Waals surface area contributed by atoms with Crippen molar-refractivity contribution >= 4 is 0 Å². The van der Waals surface area contributed by atoms with Crippen LogP contribution in [0.4, 0.5) is 0 Å². The van der Waals surface area contributed by atoms with Crippen LogP contribution in [0.15, 0.2) is 18.2 Å². The first-order valence-corrected chi connectivity index (χ1v) is 5.69. The fourth-order valence-corrected chi connectivity index (χ4v) is 1.63. The number of hydrogen-bond acceptors (Lipinski definition) is 3. The lowest BCUT2D eigenvalue weighted by atomic mass is 10.0. The minimum Gasteiger partial charge on any atom is -0.497 e. The van der Waals surface area contributed by atoms with Gasteiger partial charge in [-0.3, -0.25) is 0 Å². The predicted octanol–water partition coefficient (Wildman–Crippen LogP) is 2.89. The van der Waals surface area contributed by atoms with Gasteiger partial charge < -0.3 is 15.2 Å². The second-order valence-corrected chi connectivity index (χ2v) is 3.89. The average molecular weight is 223 g/mol. The highest BCUT2D eigenvalue weighted by Gasteiger charge is 2.09. The number of unbranched alkanes of at least 4 members (excludes halogenated alkanes) is 1. The van der Waals surface area contributed by atoms with Gasteiger partial charge in [0.25, 0.3) is 0 Å². The van der Waals surface area contributed by atoms with Crippen LogP contribution in [0.1, 0.15) is 37.8 Å².